The number of benzene rings is 1. The van der Waals surface area contributed by atoms with Crippen molar-refractivity contribution in [2.24, 2.45) is 5.41 Å². The minimum atomic E-state index is -2.00. The highest BCUT2D eigenvalue weighted by molar-refractivity contribution is 6.74. The predicted molar refractivity (Wildman–Crippen MR) is 146 cm³/mol. The van der Waals surface area contributed by atoms with E-state index in [2.05, 4.69) is 52.4 Å². The first-order valence-corrected chi connectivity index (χ1v) is 15.7. The van der Waals surface area contributed by atoms with Crippen LogP contribution in [0.25, 0.3) is 5.57 Å². The number of hydrogen-bond acceptors (Lipinski definition) is 5. The van der Waals surface area contributed by atoms with E-state index in [0.29, 0.717) is 12.0 Å². The highest BCUT2D eigenvalue weighted by Gasteiger charge is 2.42. The molecule has 1 aliphatic carbocycles. The third-order valence-electron chi connectivity index (χ3n) is 7.63. The Kier molecular flexibility index (Phi) is 9.90. The maximum Gasteiger partial charge on any atom is 0.308 e. The molecule has 1 aromatic rings. The molecule has 36 heavy (non-hydrogen) atoms. The van der Waals surface area contributed by atoms with Crippen molar-refractivity contribution in [2.45, 2.75) is 104 Å². The lowest BCUT2D eigenvalue weighted by Crippen LogP contribution is -2.46. The first-order valence-electron chi connectivity index (χ1n) is 12.8. The van der Waals surface area contributed by atoms with Gasteiger partial charge in [-0.3, -0.25) is 4.79 Å². The molecule has 1 aromatic carbocycles. The van der Waals surface area contributed by atoms with Crippen molar-refractivity contribution in [3.8, 4) is 0 Å². The molecular formula is C29H45FO5Si. The lowest BCUT2D eigenvalue weighted by atomic mass is 9.69. The van der Waals surface area contributed by atoms with Gasteiger partial charge in [-0.05, 0) is 77.7 Å². The Balaban J connectivity index is 2.44. The van der Waals surface area contributed by atoms with Crippen molar-refractivity contribution in [3.63, 3.8) is 0 Å². The van der Waals surface area contributed by atoms with Crippen molar-refractivity contribution in [1.29, 1.82) is 0 Å². The second kappa shape index (κ2) is 11.7. The summed E-state index contributed by atoms with van der Waals surface area (Å²) in [7, 11) is -0.737. The van der Waals surface area contributed by atoms with E-state index in [4.69, 9.17) is 4.43 Å². The second-order valence-electron chi connectivity index (χ2n) is 12.2. The van der Waals surface area contributed by atoms with Crippen LogP contribution >= 0.6 is 0 Å². The molecule has 0 bridgehead atoms. The van der Waals surface area contributed by atoms with Crippen molar-refractivity contribution in [3.05, 3.63) is 52.9 Å². The number of allylic oxidation sites excluding steroid dienone is 2. The van der Waals surface area contributed by atoms with E-state index in [0.717, 1.165) is 23.1 Å². The smallest absolute Gasteiger partial charge is 0.308 e. The fraction of sp³-hybridized carbons (Fsp3) is 0.621. The van der Waals surface area contributed by atoms with Crippen LogP contribution in [0.15, 0.2) is 35.9 Å². The van der Waals surface area contributed by atoms with Gasteiger partial charge in [0, 0.05) is 12.5 Å². The van der Waals surface area contributed by atoms with Gasteiger partial charge < -0.3 is 19.4 Å². The molecule has 0 saturated carbocycles. The van der Waals surface area contributed by atoms with Gasteiger partial charge in [-0.25, -0.2) is 4.39 Å². The predicted octanol–water partition coefficient (Wildman–Crippen LogP) is 6.33. The Morgan fingerprint density at radius 1 is 1.28 bits per heavy atom. The van der Waals surface area contributed by atoms with Gasteiger partial charge in [-0.1, -0.05) is 52.8 Å². The third kappa shape index (κ3) is 7.85. The largest absolute Gasteiger partial charge is 0.469 e. The number of rotatable bonds is 9. The maximum atomic E-state index is 14.1. The summed E-state index contributed by atoms with van der Waals surface area (Å²) in [5, 5.41) is 20.7. The van der Waals surface area contributed by atoms with E-state index in [-0.39, 0.29) is 35.2 Å². The number of hydrogen-bond donors (Lipinski definition) is 2. The van der Waals surface area contributed by atoms with Crippen LogP contribution in [0.1, 0.15) is 71.4 Å². The molecule has 202 valence electrons. The molecule has 0 aliphatic heterocycles. The van der Waals surface area contributed by atoms with Gasteiger partial charge >= 0.3 is 5.97 Å². The molecule has 3 unspecified atom stereocenters. The van der Waals surface area contributed by atoms with Crippen LogP contribution in [-0.4, -0.2) is 49.9 Å². The highest BCUT2D eigenvalue weighted by Crippen LogP contribution is 2.48. The molecule has 2 rings (SSSR count). The second-order valence-corrected chi connectivity index (χ2v) is 17.0. The monoisotopic (exact) mass is 520 g/mol. The molecule has 7 heteroatoms. The summed E-state index contributed by atoms with van der Waals surface area (Å²) in [6, 6.07) is 5.19. The zero-order valence-electron chi connectivity index (χ0n) is 23.4. The summed E-state index contributed by atoms with van der Waals surface area (Å²) in [6.45, 7) is 17.3. The van der Waals surface area contributed by atoms with E-state index in [9.17, 15) is 19.4 Å². The van der Waals surface area contributed by atoms with Crippen LogP contribution in [0.4, 0.5) is 4.39 Å². The topological polar surface area (TPSA) is 76.0 Å². The zero-order valence-corrected chi connectivity index (χ0v) is 24.4. The number of halogens is 1. The summed E-state index contributed by atoms with van der Waals surface area (Å²) in [5.41, 5.74) is 3.41. The molecule has 5 nitrogen and oxygen atoms in total. The van der Waals surface area contributed by atoms with Crippen LogP contribution in [0.3, 0.4) is 0 Å². The highest BCUT2D eigenvalue weighted by atomic mass is 28.4. The fourth-order valence-electron chi connectivity index (χ4n) is 4.53. The Hall–Kier alpha value is -1.80. The molecule has 0 radical (unpaired) electrons. The van der Waals surface area contributed by atoms with Crippen LogP contribution in [0.5, 0.6) is 0 Å². The molecule has 0 spiro atoms. The lowest BCUT2D eigenvalue weighted by Gasteiger charge is -2.45. The number of carbonyl (C=O) groups is 1. The van der Waals surface area contributed by atoms with Crippen molar-refractivity contribution in [1.82, 2.24) is 0 Å². The first-order chi connectivity index (χ1) is 16.5. The Morgan fingerprint density at radius 3 is 2.47 bits per heavy atom. The summed E-state index contributed by atoms with van der Waals surface area (Å²) in [6.07, 6.45) is 3.09. The van der Waals surface area contributed by atoms with Crippen molar-refractivity contribution < 1.29 is 28.6 Å². The molecule has 0 amide bonds. The van der Waals surface area contributed by atoms with Gasteiger partial charge in [0.25, 0.3) is 0 Å². The fourth-order valence-corrected chi connectivity index (χ4v) is 5.88. The number of carbonyl (C=O) groups excluding carboxylic acids is 1. The number of methoxy groups -OCH3 is 1. The van der Waals surface area contributed by atoms with Crippen LogP contribution in [0, 0.1) is 18.2 Å². The molecular weight excluding hydrogens is 475 g/mol. The van der Waals surface area contributed by atoms with E-state index in [1.165, 1.54) is 13.2 Å². The average molecular weight is 521 g/mol. The quantitative estimate of drug-likeness (QED) is 0.294. The van der Waals surface area contributed by atoms with E-state index >= 15 is 0 Å². The van der Waals surface area contributed by atoms with Gasteiger partial charge in [0.15, 0.2) is 8.32 Å². The zero-order chi connectivity index (χ0) is 27.5. The standard InChI is InChI=1S/C29H45FO5Si/c1-19-14-20(10-13-26(19)30)24-17-23(35-36(8,9)28(2,3)4)18-29(5,6)25(24)12-11-21(31)15-22(32)16-27(33)34-7/h10-14,21-23,31-32H,15-18H2,1-9H3. The van der Waals surface area contributed by atoms with Crippen LogP contribution in [0.2, 0.25) is 18.1 Å². The van der Waals surface area contributed by atoms with Gasteiger partial charge in [-0.15, -0.1) is 0 Å². The first kappa shape index (κ1) is 30.4. The number of esters is 1. The SMILES string of the molecule is COC(=O)CC(O)CC(O)C=CC1=C(c2ccc(F)c(C)c2)CC(O[Si](C)(C)C(C)(C)C)CC1(C)C. The summed E-state index contributed by atoms with van der Waals surface area (Å²) in [5.74, 6) is -0.757. The van der Waals surface area contributed by atoms with E-state index < -0.39 is 26.5 Å². The van der Waals surface area contributed by atoms with Gasteiger partial charge in [0.05, 0.1) is 25.7 Å². The van der Waals surface area contributed by atoms with Crippen molar-refractivity contribution in [2.75, 3.05) is 7.11 Å². The number of aliphatic hydroxyl groups is 2. The van der Waals surface area contributed by atoms with Crippen LogP contribution in [-0.2, 0) is 14.0 Å². The molecule has 0 aromatic heterocycles. The Morgan fingerprint density at radius 2 is 1.92 bits per heavy atom. The van der Waals surface area contributed by atoms with Gasteiger partial charge in [-0.2, -0.15) is 0 Å². The molecule has 0 fully saturated rings. The summed E-state index contributed by atoms with van der Waals surface area (Å²) < 4.78 is 25.5. The molecule has 2 N–H and O–H groups in total. The molecule has 1 aliphatic rings. The normalized spacial score (nSPS) is 20.5. The van der Waals surface area contributed by atoms with Gasteiger partial charge in [0.2, 0.25) is 0 Å². The number of aryl methyl sites for hydroxylation is 1. The minimum Gasteiger partial charge on any atom is -0.469 e. The summed E-state index contributed by atoms with van der Waals surface area (Å²) >= 11 is 0. The minimum absolute atomic E-state index is 0.0292. The van der Waals surface area contributed by atoms with Crippen LogP contribution < -0.4 is 0 Å². The third-order valence-corrected chi connectivity index (χ3v) is 12.2. The van der Waals surface area contributed by atoms with E-state index in [1.54, 1.807) is 13.0 Å². The summed E-state index contributed by atoms with van der Waals surface area (Å²) in [4.78, 5) is 11.4. The average Bonchev–Trinajstić information content (AvgIpc) is 2.72. The van der Waals surface area contributed by atoms with Gasteiger partial charge in [0.1, 0.15) is 5.82 Å². The lowest BCUT2D eigenvalue weighted by molar-refractivity contribution is -0.143. The van der Waals surface area contributed by atoms with E-state index in [1.807, 2.05) is 18.2 Å². The Bertz CT molecular complexity index is 990. The Labute approximate surface area is 217 Å². The number of aliphatic hydroxyl groups excluding tert-OH is 2. The molecule has 0 heterocycles. The molecule has 3 atom stereocenters. The maximum absolute atomic E-state index is 14.1. The van der Waals surface area contributed by atoms with Crippen molar-refractivity contribution >= 4 is 19.9 Å². The molecule has 0 saturated heterocycles. The number of ether oxygens (including phenoxy) is 1.